The highest BCUT2D eigenvalue weighted by atomic mass is 35.5. The molecule has 1 aromatic heterocycles. The molecular formula is C9H14ClN3O. The van der Waals surface area contributed by atoms with Crippen LogP contribution >= 0.6 is 11.6 Å². The zero-order chi connectivity index (χ0) is 10.6. The molecule has 0 aliphatic rings. The lowest BCUT2D eigenvalue weighted by Crippen LogP contribution is -2.23. The highest BCUT2D eigenvalue weighted by Gasteiger charge is 2.03. The molecule has 0 atom stereocenters. The summed E-state index contributed by atoms with van der Waals surface area (Å²) in [6, 6.07) is 0.340. The first kappa shape index (κ1) is 11.0. The van der Waals surface area contributed by atoms with Crippen LogP contribution in [0.1, 0.15) is 25.5 Å². The maximum Gasteiger partial charge on any atom is 0.235 e. The van der Waals surface area contributed by atoms with Crippen LogP contribution in [0.3, 0.4) is 0 Å². The van der Waals surface area contributed by atoms with Gasteiger partial charge in [-0.1, -0.05) is 0 Å². The molecule has 4 nitrogen and oxygen atoms in total. The van der Waals surface area contributed by atoms with Crippen molar-refractivity contribution < 1.29 is 4.79 Å². The third-order valence-corrected chi connectivity index (χ3v) is 2.04. The van der Waals surface area contributed by atoms with Crippen molar-refractivity contribution in [2.45, 2.75) is 26.4 Å². The van der Waals surface area contributed by atoms with E-state index in [1.54, 1.807) is 6.20 Å². The molecule has 0 aliphatic heterocycles. The third-order valence-electron chi connectivity index (χ3n) is 1.80. The van der Waals surface area contributed by atoms with Crippen LogP contribution in [0.2, 0.25) is 0 Å². The predicted molar refractivity (Wildman–Crippen MR) is 55.2 cm³/mol. The van der Waals surface area contributed by atoms with Gasteiger partial charge in [-0.15, -0.1) is 11.6 Å². The average molecular weight is 216 g/mol. The SMILES string of the molecule is CC(C)n1cc(CNC(=O)CCl)cn1. The van der Waals surface area contributed by atoms with Crippen molar-refractivity contribution >= 4 is 17.5 Å². The molecular weight excluding hydrogens is 202 g/mol. The van der Waals surface area contributed by atoms with Crippen LogP contribution in [0, 0.1) is 0 Å². The topological polar surface area (TPSA) is 46.9 Å². The van der Waals surface area contributed by atoms with E-state index in [0.29, 0.717) is 12.6 Å². The van der Waals surface area contributed by atoms with Crippen LogP contribution in [0.15, 0.2) is 12.4 Å². The molecule has 1 rings (SSSR count). The number of carbonyl (C=O) groups is 1. The maximum absolute atomic E-state index is 10.9. The number of aromatic nitrogens is 2. The molecule has 1 aromatic rings. The van der Waals surface area contributed by atoms with E-state index in [-0.39, 0.29) is 11.8 Å². The lowest BCUT2D eigenvalue weighted by molar-refractivity contribution is -0.118. The minimum absolute atomic E-state index is 0.00167. The maximum atomic E-state index is 10.9. The van der Waals surface area contributed by atoms with Gasteiger partial charge in [0.25, 0.3) is 0 Å². The molecule has 0 saturated heterocycles. The first-order chi connectivity index (χ1) is 6.63. The molecule has 0 saturated carbocycles. The monoisotopic (exact) mass is 215 g/mol. The molecule has 0 aliphatic carbocycles. The van der Waals surface area contributed by atoms with Gasteiger partial charge in [-0.3, -0.25) is 9.48 Å². The van der Waals surface area contributed by atoms with E-state index in [0.717, 1.165) is 5.56 Å². The van der Waals surface area contributed by atoms with Gasteiger partial charge in [0, 0.05) is 24.3 Å². The summed E-state index contributed by atoms with van der Waals surface area (Å²) >= 11 is 5.34. The number of alkyl halides is 1. The molecule has 1 heterocycles. The molecule has 0 radical (unpaired) electrons. The Labute approximate surface area is 88.2 Å². The fraction of sp³-hybridized carbons (Fsp3) is 0.556. The van der Waals surface area contributed by atoms with E-state index >= 15 is 0 Å². The van der Waals surface area contributed by atoms with Crippen LogP contribution < -0.4 is 5.32 Å². The van der Waals surface area contributed by atoms with Crippen LogP contribution in [0.25, 0.3) is 0 Å². The Morgan fingerprint density at radius 1 is 1.71 bits per heavy atom. The number of carbonyl (C=O) groups excluding carboxylic acids is 1. The Hall–Kier alpha value is -1.03. The summed E-state index contributed by atoms with van der Waals surface area (Å²) in [7, 11) is 0. The largest absolute Gasteiger partial charge is 0.351 e. The lowest BCUT2D eigenvalue weighted by atomic mass is 10.3. The summed E-state index contributed by atoms with van der Waals surface area (Å²) in [5, 5.41) is 6.83. The first-order valence-corrected chi connectivity index (χ1v) is 5.02. The number of nitrogens with one attached hydrogen (secondary N) is 1. The fourth-order valence-electron chi connectivity index (χ4n) is 0.999. The smallest absolute Gasteiger partial charge is 0.235 e. The Balaban J connectivity index is 2.48. The van der Waals surface area contributed by atoms with Crippen molar-refractivity contribution in [1.82, 2.24) is 15.1 Å². The zero-order valence-electron chi connectivity index (χ0n) is 8.33. The zero-order valence-corrected chi connectivity index (χ0v) is 9.08. The van der Waals surface area contributed by atoms with Gasteiger partial charge < -0.3 is 5.32 Å². The minimum atomic E-state index is -0.163. The third kappa shape index (κ3) is 3.03. The highest BCUT2D eigenvalue weighted by molar-refractivity contribution is 6.27. The number of rotatable bonds is 4. The van der Waals surface area contributed by atoms with Crippen molar-refractivity contribution in [2.24, 2.45) is 0 Å². The molecule has 78 valence electrons. The lowest BCUT2D eigenvalue weighted by Gasteiger charge is -2.03. The second-order valence-corrected chi connectivity index (χ2v) is 3.60. The van der Waals surface area contributed by atoms with E-state index in [1.165, 1.54) is 0 Å². The summed E-state index contributed by atoms with van der Waals surface area (Å²) in [6.45, 7) is 4.58. The van der Waals surface area contributed by atoms with E-state index in [2.05, 4.69) is 10.4 Å². The highest BCUT2D eigenvalue weighted by Crippen LogP contribution is 2.04. The quantitative estimate of drug-likeness (QED) is 0.771. The summed E-state index contributed by atoms with van der Waals surface area (Å²) in [4.78, 5) is 10.9. The van der Waals surface area contributed by atoms with Crippen molar-refractivity contribution in [3.8, 4) is 0 Å². The molecule has 0 aromatic carbocycles. The number of nitrogens with zero attached hydrogens (tertiary/aromatic N) is 2. The second-order valence-electron chi connectivity index (χ2n) is 3.33. The van der Waals surface area contributed by atoms with E-state index in [1.807, 2.05) is 24.7 Å². The fourth-order valence-corrected chi connectivity index (χ4v) is 1.09. The van der Waals surface area contributed by atoms with Gasteiger partial charge in [0.05, 0.1) is 6.20 Å². The Bertz CT molecular complexity index is 309. The van der Waals surface area contributed by atoms with Crippen molar-refractivity contribution in [3.63, 3.8) is 0 Å². The van der Waals surface area contributed by atoms with Gasteiger partial charge in [-0.05, 0) is 13.8 Å². The van der Waals surface area contributed by atoms with E-state index < -0.39 is 0 Å². The molecule has 5 heteroatoms. The van der Waals surface area contributed by atoms with E-state index in [9.17, 15) is 4.79 Å². The average Bonchev–Trinajstić information content (AvgIpc) is 2.62. The summed E-state index contributed by atoms with van der Waals surface area (Å²) in [5.41, 5.74) is 0.983. The minimum Gasteiger partial charge on any atom is -0.351 e. The van der Waals surface area contributed by atoms with Gasteiger partial charge in [0.2, 0.25) is 5.91 Å². The Kier molecular flexibility index (Phi) is 3.95. The molecule has 0 fully saturated rings. The number of amides is 1. The summed E-state index contributed by atoms with van der Waals surface area (Å²) in [6.07, 6.45) is 3.66. The van der Waals surface area contributed by atoms with Crippen molar-refractivity contribution in [3.05, 3.63) is 18.0 Å². The molecule has 14 heavy (non-hydrogen) atoms. The number of halogens is 1. The van der Waals surface area contributed by atoms with Crippen molar-refractivity contribution in [2.75, 3.05) is 5.88 Å². The second kappa shape index (κ2) is 5.00. The normalized spacial score (nSPS) is 10.6. The molecule has 0 unspecified atom stereocenters. The molecule has 0 spiro atoms. The molecule has 0 bridgehead atoms. The van der Waals surface area contributed by atoms with Crippen LogP contribution in [0.4, 0.5) is 0 Å². The molecule has 1 N–H and O–H groups in total. The first-order valence-electron chi connectivity index (χ1n) is 4.49. The Morgan fingerprint density at radius 2 is 2.43 bits per heavy atom. The standard InChI is InChI=1S/C9H14ClN3O/c1-7(2)13-6-8(5-12-13)4-11-9(14)3-10/h5-7H,3-4H2,1-2H3,(H,11,14). The van der Waals surface area contributed by atoms with Gasteiger partial charge in [0.1, 0.15) is 5.88 Å². The number of hydrogen-bond acceptors (Lipinski definition) is 2. The van der Waals surface area contributed by atoms with Crippen LogP contribution in [0.5, 0.6) is 0 Å². The van der Waals surface area contributed by atoms with Gasteiger partial charge in [-0.25, -0.2) is 0 Å². The van der Waals surface area contributed by atoms with Gasteiger partial charge in [0.15, 0.2) is 0 Å². The summed E-state index contributed by atoms with van der Waals surface area (Å²) < 4.78 is 1.85. The van der Waals surface area contributed by atoms with Crippen LogP contribution in [-0.4, -0.2) is 21.6 Å². The van der Waals surface area contributed by atoms with Crippen molar-refractivity contribution in [1.29, 1.82) is 0 Å². The van der Waals surface area contributed by atoms with Gasteiger partial charge in [-0.2, -0.15) is 5.10 Å². The Morgan fingerprint density at radius 3 is 2.93 bits per heavy atom. The molecule has 1 amide bonds. The van der Waals surface area contributed by atoms with E-state index in [4.69, 9.17) is 11.6 Å². The predicted octanol–water partition coefficient (Wildman–Crippen LogP) is 1.32. The van der Waals surface area contributed by atoms with Gasteiger partial charge >= 0.3 is 0 Å². The number of hydrogen-bond donors (Lipinski definition) is 1. The van der Waals surface area contributed by atoms with Crippen LogP contribution in [-0.2, 0) is 11.3 Å². The summed E-state index contributed by atoms with van der Waals surface area (Å²) in [5.74, 6) is -0.165.